The number of amides is 1. The number of nitrogens with one attached hydrogen (secondary N) is 1. The molecule has 2 unspecified atom stereocenters. The molecule has 8 nitrogen and oxygen atoms in total. The Morgan fingerprint density at radius 3 is 2.69 bits per heavy atom. The highest BCUT2D eigenvalue weighted by Gasteiger charge is 2.43. The van der Waals surface area contributed by atoms with Crippen molar-refractivity contribution in [3.05, 3.63) is 47.5 Å². The predicted molar refractivity (Wildman–Crippen MR) is 134 cm³/mol. The molecule has 7 rings (SSSR count). The minimum absolute atomic E-state index is 0.165. The van der Waals surface area contributed by atoms with Gasteiger partial charge in [-0.2, -0.15) is 5.10 Å². The molecule has 7 aliphatic rings. The topological polar surface area (TPSA) is 63.7 Å². The van der Waals surface area contributed by atoms with Gasteiger partial charge in [0.1, 0.15) is 0 Å². The third-order valence-electron chi connectivity index (χ3n) is 8.77. The molecular formula is C27H36N6O2. The van der Waals surface area contributed by atoms with Crippen LogP contribution in [0.15, 0.2) is 52.6 Å². The van der Waals surface area contributed by atoms with E-state index in [4.69, 9.17) is 4.74 Å². The average molecular weight is 477 g/mol. The molecule has 1 N–H and O–H groups in total. The van der Waals surface area contributed by atoms with Crippen LogP contribution < -0.4 is 5.32 Å². The van der Waals surface area contributed by atoms with E-state index in [0.29, 0.717) is 17.7 Å². The molecule has 5 heterocycles. The zero-order chi connectivity index (χ0) is 23.4. The van der Waals surface area contributed by atoms with E-state index in [1.165, 1.54) is 17.0 Å². The van der Waals surface area contributed by atoms with Crippen molar-refractivity contribution in [1.29, 1.82) is 0 Å². The van der Waals surface area contributed by atoms with E-state index < -0.39 is 0 Å². The standard InChI is InChI=1S/C27H36N6O2/c34-26(21-1-2-21)31-13-11-30(12-14-31)24-7-8-29-33-16-22(15-25(24)33)20-3-5-23(6-4-20)32-10-9-28-27(17-32)18-35-19-27/h3,5-8,16,20-21,25,28H,1-2,4,9-15,17-19H2. The van der Waals surface area contributed by atoms with E-state index in [0.717, 1.165) is 84.7 Å². The molecule has 0 aromatic rings. The Balaban J connectivity index is 0.966. The molecule has 1 amide bonds. The number of nitrogens with zero attached hydrogens (tertiary/aromatic N) is 5. The highest BCUT2D eigenvalue weighted by molar-refractivity contribution is 5.81. The maximum atomic E-state index is 12.5. The minimum atomic E-state index is 0.165. The third kappa shape index (κ3) is 4.00. The van der Waals surface area contributed by atoms with Crippen LogP contribution in [0.4, 0.5) is 0 Å². The fraction of sp³-hybridized carbons (Fsp3) is 0.630. The minimum Gasteiger partial charge on any atom is -0.377 e. The van der Waals surface area contributed by atoms with Gasteiger partial charge >= 0.3 is 0 Å². The van der Waals surface area contributed by atoms with Crippen LogP contribution in [0.25, 0.3) is 0 Å². The Morgan fingerprint density at radius 1 is 1.11 bits per heavy atom. The summed E-state index contributed by atoms with van der Waals surface area (Å²) in [6.45, 7) is 8.30. The maximum Gasteiger partial charge on any atom is 0.225 e. The van der Waals surface area contributed by atoms with Gasteiger partial charge in [0.2, 0.25) is 5.91 Å². The Morgan fingerprint density at radius 2 is 1.97 bits per heavy atom. The molecule has 186 valence electrons. The van der Waals surface area contributed by atoms with Gasteiger partial charge in [-0.1, -0.05) is 12.2 Å². The molecule has 0 aromatic heterocycles. The van der Waals surface area contributed by atoms with Crippen LogP contribution in [-0.2, 0) is 9.53 Å². The van der Waals surface area contributed by atoms with Crippen molar-refractivity contribution in [3.63, 3.8) is 0 Å². The lowest BCUT2D eigenvalue weighted by Gasteiger charge is -2.50. The zero-order valence-corrected chi connectivity index (χ0v) is 20.4. The van der Waals surface area contributed by atoms with Gasteiger partial charge in [0.25, 0.3) is 0 Å². The number of piperazine rings is 2. The normalized spacial score (nSPS) is 31.7. The van der Waals surface area contributed by atoms with E-state index in [2.05, 4.69) is 60.6 Å². The van der Waals surface area contributed by atoms with Gasteiger partial charge in [0.15, 0.2) is 0 Å². The summed E-state index contributed by atoms with van der Waals surface area (Å²) >= 11 is 0. The lowest BCUT2D eigenvalue weighted by atomic mass is 9.88. The first-order valence-electron chi connectivity index (χ1n) is 13.4. The molecular weight excluding hydrogens is 440 g/mol. The molecule has 0 aromatic carbocycles. The fourth-order valence-corrected chi connectivity index (χ4v) is 6.45. The molecule has 5 aliphatic heterocycles. The van der Waals surface area contributed by atoms with Gasteiger partial charge in [-0.05, 0) is 43.4 Å². The summed E-state index contributed by atoms with van der Waals surface area (Å²) in [6, 6.07) is 0.283. The third-order valence-corrected chi connectivity index (χ3v) is 8.77. The number of hydrogen-bond donors (Lipinski definition) is 1. The number of carbonyl (C=O) groups excluding carboxylic acids is 1. The van der Waals surface area contributed by atoms with Gasteiger partial charge in [-0.3, -0.25) is 9.80 Å². The second-order valence-corrected chi connectivity index (χ2v) is 11.2. The molecule has 0 radical (unpaired) electrons. The Hall–Kier alpha value is -2.58. The highest BCUT2D eigenvalue weighted by atomic mass is 16.5. The monoisotopic (exact) mass is 476 g/mol. The van der Waals surface area contributed by atoms with Gasteiger partial charge in [-0.25, -0.2) is 0 Å². The molecule has 1 spiro atoms. The number of carbonyl (C=O) groups is 1. The number of fused-ring (bicyclic) bond motifs is 1. The summed E-state index contributed by atoms with van der Waals surface area (Å²) in [4.78, 5) is 19.5. The van der Waals surface area contributed by atoms with E-state index in [-0.39, 0.29) is 11.6 Å². The number of hydrogen-bond acceptors (Lipinski definition) is 7. The van der Waals surface area contributed by atoms with E-state index in [1.807, 2.05) is 6.21 Å². The largest absolute Gasteiger partial charge is 0.377 e. The number of rotatable bonds is 4. The zero-order valence-electron chi connectivity index (χ0n) is 20.4. The fourth-order valence-electron chi connectivity index (χ4n) is 6.45. The smallest absolute Gasteiger partial charge is 0.225 e. The summed E-state index contributed by atoms with van der Waals surface area (Å²) in [5, 5.41) is 10.5. The second kappa shape index (κ2) is 8.52. The van der Waals surface area contributed by atoms with E-state index in [1.54, 1.807) is 0 Å². The van der Waals surface area contributed by atoms with Crippen LogP contribution in [0.3, 0.4) is 0 Å². The Bertz CT molecular complexity index is 1030. The first kappa shape index (κ1) is 21.7. The van der Waals surface area contributed by atoms with Gasteiger partial charge < -0.3 is 24.8 Å². The van der Waals surface area contributed by atoms with Crippen LogP contribution in [-0.4, -0.2) is 102 Å². The van der Waals surface area contributed by atoms with Crippen molar-refractivity contribution in [1.82, 2.24) is 25.0 Å². The predicted octanol–water partition coefficient (Wildman–Crippen LogP) is 1.52. The van der Waals surface area contributed by atoms with Crippen molar-refractivity contribution < 1.29 is 9.53 Å². The molecule has 1 saturated carbocycles. The summed E-state index contributed by atoms with van der Waals surface area (Å²) in [7, 11) is 0. The van der Waals surface area contributed by atoms with Crippen molar-refractivity contribution in [2.24, 2.45) is 16.9 Å². The van der Waals surface area contributed by atoms with Gasteiger partial charge in [0.05, 0.1) is 24.8 Å². The van der Waals surface area contributed by atoms with Crippen LogP contribution in [0.5, 0.6) is 0 Å². The maximum absolute atomic E-state index is 12.5. The highest BCUT2D eigenvalue weighted by Crippen LogP contribution is 2.38. The molecule has 8 heteroatoms. The molecule has 2 aliphatic carbocycles. The quantitative estimate of drug-likeness (QED) is 0.664. The number of ether oxygens (including phenoxy) is 1. The first-order valence-corrected chi connectivity index (χ1v) is 13.4. The SMILES string of the molecule is O=C(C1CC1)N1CCN(C2=CC=NN3C=C(C4C=CC(N5CCNC6(COC6)C5)=CC4)CC23)CC1. The molecule has 3 saturated heterocycles. The van der Waals surface area contributed by atoms with Crippen LogP contribution in [0.2, 0.25) is 0 Å². The molecule has 4 fully saturated rings. The van der Waals surface area contributed by atoms with Crippen molar-refractivity contribution >= 4 is 12.1 Å². The number of allylic oxidation sites excluding steroid dienone is 4. The van der Waals surface area contributed by atoms with Gasteiger partial charge in [0, 0.05) is 81.5 Å². The second-order valence-electron chi connectivity index (χ2n) is 11.2. The van der Waals surface area contributed by atoms with E-state index in [9.17, 15) is 4.79 Å². The van der Waals surface area contributed by atoms with Crippen LogP contribution in [0.1, 0.15) is 25.7 Å². The van der Waals surface area contributed by atoms with Crippen molar-refractivity contribution in [3.8, 4) is 0 Å². The Kier molecular flexibility index (Phi) is 5.28. The van der Waals surface area contributed by atoms with Crippen LogP contribution >= 0.6 is 0 Å². The summed E-state index contributed by atoms with van der Waals surface area (Å²) < 4.78 is 5.49. The molecule has 2 atom stereocenters. The summed E-state index contributed by atoms with van der Waals surface area (Å²) in [5.41, 5.74) is 4.36. The molecule has 35 heavy (non-hydrogen) atoms. The van der Waals surface area contributed by atoms with Gasteiger partial charge in [-0.15, -0.1) is 0 Å². The van der Waals surface area contributed by atoms with Crippen molar-refractivity contribution in [2.45, 2.75) is 37.3 Å². The first-order chi connectivity index (χ1) is 17.2. The van der Waals surface area contributed by atoms with E-state index >= 15 is 0 Å². The lowest BCUT2D eigenvalue weighted by Crippen LogP contribution is -2.69. The lowest BCUT2D eigenvalue weighted by molar-refractivity contribution is -0.134. The summed E-state index contributed by atoms with van der Waals surface area (Å²) in [6.07, 6.45) is 17.8. The molecule has 0 bridgehead atoms. The number of hydrazone groups is 1. The summed E-state index contributed by atoms with van der Waals surface area (Å²) in [5.74, 6) is 1.14. The Labute approximate surface area is 207 Å². The average Bonchev–Trinajstić information content (AvgIpc) is 3.65. The van der Waals surface area contributed by atoms with Crippen LogP contribution in [0, 0.1) is 11.8 Å². The van der Waals surface area contributed by atoms with Crippen molar-refractivity contribution in [2.75, 3.05) is 59.0 Å².